The van der Waals surface area contributed by atoms with E-state index in [4.69, 9.17) is 5.11 Å². The van der Waals surface area contributed by atoms with Gasteiger partial charge < -0.3 is 15.3 Å². The molecule has 5 nitrogen and oxygen atoms in total. The molecule has 16 heavy (non-hydrogen) atoms. The van der Waals surface area contributed by atoms with E-state index in [1.807, 2.05) is 7.05 Å². The van der Waals surface area contributed by atoms with E-state index < -0.39 is 5.97 Å². The van der Waals surface area contributed by atoms with Crippen LogP contribution in [-0.4, -0.2) is 47.0 Å². The molecule has 1 aromatic rings. The molecule has 0 fully saturated rings. The molecule has 0 saturated carbocycles. The summed E-state index contributed by atoms with van der Waals surface area (Å²) in [5, 5.41) is 12.8. The fourth-order valence-corrected chi connectivity index (χ4v) is 2.07. The van der Waals surface area contributed by atoms with Crippen LogP contribution in [0.2, 0.25) is 0 Å². The summed E-state index contributed by atoms with van der Waals surface area (Å²) in [5.41, 5.74) is 0.869. The van der Waals surface area contributed by atoms with Crippen LogP contribution in [0.1, 0.15) is 23.0 Å². The third-order valence-electron chi connectivity index (χ3n) is 2.40. The summed E-state index contributed by atoms with van der Waals surface area (Å²) in [6, 6.07) is 0. The smallest absolute Gasteiger partial charge is 0.340 e. The van der Waals surface area contributed by atoms with E-state index in [1.165, 1.54) is 11.5 Å². The lowest BCUT2D eigenvalue weighted by Crippen LogP contribution is -2.24. The summed E-state index contributed by atoms with van der Waals surface area (Å²) in [4.78, 5) is 13.1. The molecule has 1 rings (SSSR count). The predicted molar refractivity (Wildman–Crippen MR) is 65.5 cm³/mol. The van der Waals surface area contributed by atoms with Gasteiger partial charge in [0.1, 0.15) is 10.6 Å². The zero-order valence-electron chi connectivity index (χ0n) is 9.78. The Morgan fingerprint density at radius 3 is 2.88 bits per heavy atom. The minimum absolute atomic E-state index is 0.296. The number of carboxylic acids is 1. The number of nitrogens with zero attached hydrogens (tertiary/aromatic N) is 2. The van der Waals surface area contributed by atoms with Gasteiger partial charge in [-0.15, -0.1) is 0 Å². The zero-order chi connectivity index (χ0) is 12.1. The highest BCUT2D eigenvalue weighted by atomic mass is 32.1. The largest absolute Gasteiger partial charge is 0.478 e. The Kier molecular flexibility index (Phi) is 4.70. The molecule has 0 aliphatic rings. The zero-order valence-corrected chi connectivity index (χ0v) is 10.6. The Hall–Kier alpha value is -1.14. The van der Waals surface area contributed by atoms with Crippen LogP contribution in [0, 0.1) is 6.92 Å². The number of rotatable bonds is 6. The SMILES string of the molecule is CCN(C)CCNc1snc(C)c1C(=O)O. The quantitative estimate of drug-likeness (QED) is 0.793. The van der Waals surface area contributed by atoms with Crippen molar-refractivity contribution in [3.05, 3.63) is 11.3 Å². The van der Waals surface area contributed by atoms with Gasteiger partial charge in [0.25, 0.3) is 0 Å². The van der Waals surface area contributed by atoms with Gasteiger partial charge in [-0.2, -0.15) is 4.37 Å². The number of carbonyl (C=O) groups is 1. The van der Waals surface area contributed by atoms with Crippen molar-refractivity contribution < 1.29 is 9.90 Å². The third-order valence-corrected chi connectivity index (χ3v) is 3.29. The van der Waals surface area contributed by atoms with Crippen molar-refractivity contribution in [2.24, 2.45) is 0 Å². The number of aromatic nitrogens is 1. The fourth-order valence-electron chi connectivity index (χ4n) is 1.26. The van der Waals surface area contributed by atoms with Crippen LogP contribution in [0.5, 0.6) is 0 Å². The number of nitrogens with one attached hydrogen (secondary N) is 1. The minimum atomic E-state index is -0.919. The van der Waals surface area contributed by atoms with E-state index in [2.05, 4.69) is 21.5 Å². The van der Waals surface area contributed by atoms with Gasteiger partial charge in [0.2, 0.25) is 0 Å². The average Bonchev–Trinajstić information content (AvgIpc) is 2.59. The maximum Gasteiger partial charge on any atom is 0.340 e. The first kappa shape index (κ1) is 12.9. The lowest BCUT2D eigenvalue weighted by atomic mass is 10.2. The summed E-state index contributed by atoms with van der Waals surface area (Å²) < 4.78 is 4.04. The molecule has 90 valence electrons. The van der Waals surface area contributed by atoms with Crippen LogP contribution in [0.3, 0.4) is 0 Å². The summed E-state index contributed by atoms with van der Waals surface area (Å²) in [5.74, 6) is -0.919. The average molecular weight is 243 g/mol. The van der Waals surface area contributed by atoms with Gasteiger partial charge in [0.15, 0.2) is 0 Å². The van der Waals surface area contributed by atoms with Crippen molar-refractivity contribution in [1.82, 2.24) is 9.27 Å². The first-order chi connectivity index (χ1) is 7.56. The molecule has 0 bridgehead atoms. The second kappa shape index (κ2) is 5.81. The van der Waals surface area contributed by atoms with Crippen molar-refractivity contribution in [3.8, 4) is 0 Å². The summed E-state index contributed by atoms with van der Waals surface area (Å²) in [6.45, 7) is 6.39. The van der Waals surface area contributed by atoms with E-state index in [0.29, 0.717) is 16.3 Å². The molecule has 1 heterocycles. The number of hydrogen-bond donors (Lipinski definition) is 2. The van der Waals surface area contributed by atoms with Gasteiger partial charge in [-0.1, -0.05) is 6.92 Å². The molecule has 0 amide bonds. The van der Waals surface area contributed by atoms with Gasteiger partial charge in [0.05, 0.1) is 5.69 Å². The van der Waals surface area contributed by atoms with Crippen molar-refractivity contribution in [3.63, 3.8) is 0 Å². The molecule has 0 aromatic carbocycles. The number of anilines is 1. The number of aryl methyl sites for hydroxylation is 1. The maximum atomic E-state index is 11.0. The lowest BCUT2D eigenvalue weighted by Gasteiger charge is -2.13. The van der Waals surface area contributed by atoms with Gasteiger partial charge in [0, 0.05) is 13.1 Å². The van der Waals surface area contributed by atoms with Crippen LogP contribution < -0.4 is 5.32 Å². The first-order valence-electron chi connectivity index (χ1n) is 5.18. The second-order valence-electron chi connectivity index (χ2n) is 3.60. The molecule has 0 radical (unpaired) electrons. The van der Waals surface area contributed by atoms with Gasteiger partial charge in [-0.3, -0.25) is 0 Å². The first-order valence-corrected chi connectivity index (χ1v) is 5.95. The molecule has 0 atom stereocenters. The van der Waals surface area contributed by atoms with Gasteiger partial charge in [-0.25, -0.2) is 4.79 Å². The fraction of sp³-hybridized carbons (Fsp3) is 0.600. The van der Waals surface area contributed by atoms with Gasteiger partial charge >= 0.3 is 5.97 Å². The van der Waals surface area contributed by atoms with Crippen molar-refractivity contribution in [2.45, 2.75) is 13.8 Å². The summed E-state index contributed by atoms with van der Waals surface area (Å²) in [7, 11) is 2.03. The van der Waals surface area contributed by atoms with Gasteiger partial charge in [-0.05, 0) is 32.0 Å². The minimum Gasteiger partial charge on any atom is -0.478 e. The number of hydrogen-bond acceptors (Lipinski definition) is 5. The molecule has 1 aromatic heterocycles. The molecule has 0 unspecified atom stereocenters. The highest BCUT2D eigenvalue weighted by Gasteiger charge is 2.16. The number of carboxylic acid groups (broad SMARTS) is 1. The molecule has 0 saturated heterocycles. The van der Waals surface area contributed by atoms with E-state index in [1.54, 1.807) is 6.92 Å². The Morgan fingerprint density at radius 2 is 2.31 bits per heavy atom. The molecule has 0 spiro atoms. The standard InChI is InChI=1S/C10H17N3O2S/c1-4-13(3)6-5-11-9-8(10(14)15)7(2)12-16-9/h11H,4-6H2,1-3H3,(H,14,15). The van der Waals surface area contributed by atoms with Crippen molar-refractivity contribution >= 4 is 22.5 Å². The molecular formula is C10H17N3O2S. The predicted octanol–water partition coefficient (Wildman–Crippen LogP) is 1.51. The lowest BCUT2D eigenvalue weighted by molar-refractivity contribution is 0.0697. The molecular weight excluding hydrogens is 226 g/mol. The van der Waals surface area contributed by atoms with Crippen LogP contribution in [0.25, 0.3) is 0 Å². The molecule has 0 aliphatic carbocycles. The van der Waals surface area contributed by atoms with E-state index in [9.17, 15) is 4.79 Å². The van der Waals surface area contributed by atoms with E-state index in [-0.39, 0.29) is 0 Å². The maximum absolute atomic E-state index is 11.0. The van der Waals surface area contributed by atoms with Crippen LogP contribution >= 0.6 is 11.5 Å². The Morgan fingerprint density at radius 1 is 1.62 bits per heavy atom. The topological polar surface area (TPSA) is 65.5 Å². The summed E-state index contributed by atoms with van der Waals surface area (Å²) in [6.07, 6.45) is 0. The third kappa shape index (κ3) is 3.18. The Bertz CT molecular complexity index is 365. The van der Waals surface area contributed by atoms with Crippen LogP contribution in [0.15, 0.2) is 0 Å². The monoisotopic (exact) mass is 243 g/mol. The van der Waals surface area contributed by atoms with Crippen LogP contribution in [0.4, 0.5) is 5.00 Å². The van der Waals surface area contributed by atoms with E-state index >= 15 is 0 Å². The van der Waals surface area contributed by atoms with Crippen LogP contribution in [-0.2, 0) is 0 Å². The molecule has 6 heteroatoms. The highest BCUT2D eigenvalue weighted by molar-refractivity contribution is 7.10. The molecule has 0 aliphatic heterocycles. The van der Waals surface area contributed by atoms with Crippen molar-refractivity contribution in [2.75, 3.05) is 32.0 Å². The Balaban J connectivity index is 2.57. The molecule has 2 N–H and O–H groups in total. The number of aromatic carboxylic acids is 1. The summed E-state index contributed by atoms with van der Waals surface area (Å²) >= 11 is 1.20. The number of likely N-dealkylation sites (N-methyl/N-ethyl adjacent to an activating group) is 1. The highest BCUT2D eigenvalue weighted by Crippen LogP contribution is 2.23. The normalized spacial score (nSPS) is 10.8. The Labute approximate surface area is 99.3 Å². The second-order valence-corrected chi connectivity index (χ2v) is 4.37. The van der Waals surface area contributed by atoms with E-state index in [0.717, 1.165) is 19.6 Å². The van der Waals surface area contributed by atoms with Crippen molar-refractivity contribution in [1.29, 1.82) is 0 Å².